The van der Waals surface area contributed by atoms with Gasteiger partial charge in [0.05, 0.1) is 6.61 Å². The molecule has 1 aromatic carbocycles. The topological polar surface area (TPSA) is 21.3 Å². The van der Waals surface area contributed by atoms with Gasteiger partial charge < -0.3 is 10.1 Å². The van der Waals surface area contributed by atoms with Crippen molar-refractivity contribution in [3.63, 3.8) is 0 Å². The first-order valence-corrected chi connectivity index (χ1v) is 6.66. The third kappa shape index (κ3) is 2.81. The first-order chi connectivity index (χ1) is 8.19. The summed E-state index contributed by atoms with van der Waals surface area (Å²) in [5, 5.41) is 3.62. The van der Waals surface area contributed by atoms with E-state index in [1.807, 2.05) is 13.0 Å². The van der Waals surface area contributed by atoms with Crippen LogP contribution in [-0.2, 0) is 0 Å². The predicted octanol–water partition coefficient (Wildman–Crippen LogP) is 3.54. The van der Waals surface area contributed by atoms with Gasteiger partial charge in [0, 0.05) is 6.04 Å². The van der Waals surface area contributed by atoms with Gasteiger partial charge in [0.2, 0.25) is 0 Å². The molecule has 1 N–H and O–H groups in total. The molecule has 0 radical (unpaired) electrons. The number of hydrogen-bond acceptors (Lipinski definition) is 2. The fourth-order valence-electron chi connectivity index (χ4n) is 2.41. The van der Waals surface area contributed by atoms with Crippen LogP contribution >= 0.6 is 0 Å². The van der Waals surface area contributed by atoms with Gasteiger partial charge in [-0.2, -0.15) is 0 Å². The molecule has 0 spiro atoms. The quantitative estimate of drug-likeness (QED) is 0.811. The predicted molar refractivity (Wildman–Crippen MR) is 71.4 cm³/mol. The van der Waals surface area contributed by atoms with Crippen molar-refractivity contribution in [3.8, 4) is 5.75 Å². The normalized spacial score (nSPS) is 18.8. The van der Waals surface area contributed by atoms with Crippen molar-refractivity contribution in [2.75, 3.05) is 13.2 Å². The molecule has 0 amide bonds. The minimum absolute atomic E-state index is 0.445. The maximum atomic E-state index is 5.58. The van der Waals surface area contributed by atoms with Gasteiger partial charge in [0.25, 0.3) is 0 Å². The van der Waals surface area contributed by atoms with Crippen LogP contribution < -0.4 is 10.1 Å². The summed E-state index contributed by atoms with van der Waals surface area (Å²) in [4.78, 5) is 0. The van der Waals surface area contributed by atoms with Crippen molar-refractivity contribution in [2.45, 2.75) is 39.7 Å². The fourth-order valence-corrected chi connectivity index (χ4v) is 2.41. The van der Waals surface area contributed by atoms with Gasteiger partial charge in [-0.3, -0.25) is 0 Å². The summed E-state index contributed by atoms with van der Waals surface area (Å²) in [5.41, 5.74) is 1.80. The van der Waals surface area contributed by atoms with Crippen molar-refractivity contribution in [1.82, 2.24) is 5.32 Å². The summed E-state index contributed by atoms with van der Waals surface area (Å²) >= 11 is 0. The monoisotopic (exact) mass is 233 g/mol. The summed E-state index contributed by atoms with van der Waals surface area (Å²) < 4.78 is 5.58. The zero-order chi connectivity index (χ0) is 12.3. The van der Waals surface area contributed by atoms with E-state index >= 15 is 0 Å². The van der Waals surface area contributed by atoms with Gasteiger partial charge in [-0.1, -0.05) is 26.0 Å². The Balaban J connectivity index is 2.20. The molecule has 0 aliphatic heterocycles. The van der Waals surface area contributed by atoms with Crippen LogP contribution in [0.3, 0.4) is 0 Å². The average Bonchev–Trinajstić information content (AvgIpc) is 3.06. The molecule has 2 heteroatoms. The first kappa shape index (κ1) is 12.4. The largest absolute Gasteiger partial charge is 0.494 e. The van der Waals surface area contributed by atoms with Crippen LogP contribution in [0.5, 0.6) is 5.75 Å². The highest BCUT2D eigenvalue weighted by molar-refractivity contribution is 5.32. The van der Waals surface area contributed by atoms with Crippen molar-refractivity contribution >= 4 is 0 Å². The van der Waals surface area contributed by atoms with Gasteiger partial charge in [-0.05, 0) is 49.4 Å². The molecule has 1 aliphatic carbocycles. The zero-order valence-electron chi connectivity index (χ0n) is 11.1. The Morgan fingerprint density at radius 3 is 2.71 bits per heavy atom. The molecule has 1 saturated carbocycles. The standard InChI is InChI=1S/C15H23NO/c1-4-16-14(15(3)9-10-15)12-7-6-8-13(11-12)17-5-2/h6-8,11,14,16H,4-5,9-10H2,1-3H3. The number of rotatable bonds is 6. The van der Waals surface area contributed by atoms with Crippen LogP contribution in [0.4, 0.5) is 0 Å². The van der Waals surface area contributed by atoms with Gasteiger partial charge in [-0.15, -0.1) is 0 Å². The Morgan fingerprint density at radius 2 is 2.12 bits per heavy atom. The van der Waals surface area contributed by atoms with Crippen LogP contribution in [0.25, 0.3) is 0 Å². The second kappa shape index (κ2) is 5.09. The number of nitrogens with one attached hydrogen (secondary N) is 1. The lowest BCUT2D eigenvalue weighted by Crippen LogP contribution is -2.27. The molecule has 0 aromatic heterocycles. The molecule has 1 fully saturated rings. The molecule has 17 heavy (non-hydrogen) atoms. The summed E-state index contributed by atoms with van der Waals surface area (Å²) in [6, 6.07) is 8.98. The lowest BCUT2D eigenvalue weighted by molar-refractivity contribution is 0.336. The third-order valence-corrected chi connectivity index (χ3v) is 3.65. The minimum Gasteiger partial charge on any atom is -0.494 e. The van der Waals surface area contributed by atoms with Crippen molar-refractivity contribution in [1.29, 1.82) is 0 Å². The molecule has 1 atom stereocenters. The molecule has 2 nitrogen and oxygen atoms in total. The van der Waals surface area contributed by atoms with E-state index in [0.29, 0.717) is 11.5 Å². The molecule has 2 rings (SSSR count). The average molecular weight is 233 g/mol. The minimum atomic E-state index is 0.445. The van der Waals surface area contributed by atoms with Gasteiger partial charge >= 0.3 is 0 Å². The second-order valence-electron chi connectivity index (χ2n) is 5.15. The highest BCUT2D eigenvalue weighted by Crippen LogP contribution is 2.54. The molecule has 1 aromatic rings. The van der Waals surface area contributed by atoms with E-state index in [4.69, 9.17) is 4.74 Å². The van der Waals surface area contributed by atoms with Crippen LogP contribution in [0.1, 0.15) is 45.2 Å². The Labute approximate surface area is 104 Å². The summed E-state index contributed by atoms with van der Waals surface area (Å²) in [6.07, 6.45) is 2.65. The Morgan fingerprint density at radius 1 is 1.35 bits per heavy atom. The molecular formula is C15H23NO. The van der Waals surface area contributed by atoms with Gasteiger partial charge in [0.1, 0.15) is 5.75 Å². The third-order valence-electron chi connectivity index (χ3n) is 3.65. The van der Waals surface area contributed by atoms with E-state index in [1.165, 1.54) is 18.4 Å². The molecule has 0 bridgehead atoms. The van der Waals surface area contributed by atoms with Gasteiger partial charge in [-0.25, -0.2) is 0 Å². The number of benzene rings is 1. The molecule has 1 aliphatic rings. The van der Waals surface area contributed by atoms with Crippen LogP contribution in [0, 0.1) is 5.41 Å². The first-order valence-electron chi connectivity index (χ1n) is 6.66. The van der Waals surface area contributed by atoms with E-state index in [-0.39, 0.29) is 0 Å². The van der Waals surface area contributed by atoms with Gasteiger partial charge in [0.15, 0.2) is 0 Å². The maximum absolute atomic E-state index is 5.58. The molecule has 1 unspecified atom stereocenters. The molecule has 0 heterocycles. The maximum Gasteiger partial charge on any atom is 0.119 e. The SMILES string of the molecule is CCNC(c1cccc(OCC)c1)C1(C)CC1. The lowest BCUT2D eigenvalue weighted by Gasteiger charge is -2.25. The van der Waals surface area contributed by atoms with E-state index in [1.54, 1.807) is 0 Å². The number of ether oxygens (including phenoxy) is 1. The molecule has 94 valence electrons. The van der Waals surface area contributed by atoms with Crippen molar-refractivity contribution < 1.29 is 4.74 Å². The van der Waals surface area contributed by atoms with E-state index in [0.717, 1.165) is 18.9 Å². The van der Waals surface area contributed by atoms with E-state index in [2.05, 4.69) is 37.4 Å². The van der Waals surface area contributed by atoms with Crippen molar-refractivity contribution in [2.24, 2.45) is 5.41 Å². The summed E-state index contributed by atoms with van der Waals surface area (Å²) in [6.45, 7) is 8.31. The Bertz CT molecular complexity index is 371. The fraction of sp³-hybridized carbons (Fsp3) is 0.600. The lowest BCUT2D eigenvalue weighted by atomic mass is 9.91. The Kier molecular flexibility index (Phi) is 3.72. The Hall–Kier alpha value is -1.02. The highest BCUT2D eigenvalue weighted by Gasteiger charge is 2.45. The zero-order valence-corrected chi connectivity index (χ0v) is 11.1. The summed E-state index contributed by atoms with van der Waals surface area (Å²) in [5.74, 6) is 0.983. The van der Waals surface area contributed by atoms with E-state index in [9.17, 15) is 0 Å². The van der Waals surface area contributed by atoms with Crippen LogP contribution in [0.15, 0.2) is 24.3 Å². The summed E-state index contributed by atoms with van der Waals surface area (Å²) in [7, 11) is 0. The van der Waals surface area contributed by atoms with E-state index < -0.39 is 0 Å². The van der Waals surface area contributed by atoms with Crippen LogP contribution in [-0.4, -0.2) is 13.2 Å². The second-order valence-corrected chi connectivity index (χ2v) is 5.15. The number of hydrogen-bond donors (Lipinski definition) is 1. The molecular weight excluding hydrogens is 210 g/mol. The van der Waals surface area contributed by atoms with Crippen LogP contribution in [0.2, 0.25) is 0 Å². The van der Waals surface area contributed by atoms with Crippen molar-refractivity contribution in [3.05, 3.63) is 29.8 Å². The highest BCUT2D eigenvalue weighted by atomic mass is 16.5. The smallest absolute Gasteiger partial charge is 0.119 e. The molecule has 0 saturated heterocycles.